The number of imidazole rings is 1. The number of nitrogens with zero attached hydrogens (tertiary/aromatic N) is 7. The van der Waals surface area contributed by atoms with Gasteiger partial charge in [0, 0.05) is 24.3 Å². The standard InChI is InChI=1S/C26H27N7O/c1-17(14-34)32-16-28-30-25(32)22-3-2-4-24(29-22)33-12-19-11-20(7-8-21(19)26(33)9-10-26)31-13-23(27-15-31)18-5-6-18/h2-4,7-8,11,13,15-18,34H,5-6,9-10,12,14H2,1H3/i12D/t12-,17?/m1/s1. The summed E-state index contributed by atoms with van der Waals surface area (Å²) in [6.07, 6.45) is 10.1. The summed E-state index contributed by atoms with van der Waals surface area (Å²) in [7, 11) is 0. The summed E-state index contributed by atoms with van der Waals surface area (Å²) in [5.41, 5.74) is 4.99. The molecule has 1 unspecified atom stereocenters. The Morgan fingerprint density at radius 3 is 2.88 bits per heavy atom. The third-order valence-electron chi connectivity index (χ3n) is 7.41. The van der Waals surface area contributed by atoms with Crippen LogP contribution >= 0.6 is 0 Å². The number of benzene rings is 1. The fourth-order valence-electron chi connectivity index (χ4n) is 5.14. The van der Waals surface area contributed by atoms with E-state index in [0.717, 1.165) is 35.6 Å². The van der Waals surface area contributed by atoms with Crippen molar-refractivity contribution in [3.05, 3.63) is 72.1 Å². The van der Waals surface area contributed by atoms with E-state index in [-0.39, 0.29) is 18.2 Å². The van der Waals surface area contributed by atoms with Crippen molar-refractivity contribution in [1.82, 2.24) is 29.3 Å². The first-order valence-corrected chi connectivity index (χ1v) is 12.0. The van der Waals surface area contributed by atoms with Crippen molar-refractivity contribution in [2.75, 3.05) is 11.5 Å². The van der Waals surface area contributed by atoms with Gasteiger partial charge in [-0.2, -0.15) is 0 Å². The molecule has 172 valence electrons. The topological polar surface area (TPSA) is 84.9 Å². The number of aliphatic hydroxyl groups excluding tert-OH is 1. The molecule has 0 bridgehead atoms. The van der Waals surface area contributed by atoms with E-state index in [9.17, 15) is 6.48 Å². The van der Waals surface area contributed by atoms with Crippen molar-refractivity contribution >= 4 is 5.82 Å². The van der Waals surface area contributed by atoms with E-state index in [1.165, 1.54) is 18.4 Å². The lowest BCUT2D eigenvalue weighted by atomic mass is 10.0. The van der Waals surface area contributed by atoms with Crippen LogP contribution in [0.5, 0.6) is 0 Å². The summed E-state index contributed by atoms with van der Waals surface area (Å²) in [4.78, 5) is 11.7. The van der Waals surface area contributed by atoms with E-state index in [1.807, 2.05) is 36.0 Å². The van der Waals surface area contributed by atoms with Gasteiger partial charge in [-0.3, -0.25) is 0 Å². The van der Waals surface area contributed by atoms with Crippen LogP contribution in [0.25, 0.3) is 17.2 Å². The van der Waals surface area contributed by atoms with Crippen LogP contribution < -0.4 is 4.90 Å². The lowest BCUT2D eigenvalue weighted by Gasteiger charge is -2.26. The molecule has 1 aromatic carbocycles. The highest BCUT2D eigenvalue weighted by atomic mass is 16.3. The van der Waals surface area contributed by atoms with Crippen LogP contribution in [0.3, 0.4) is 0 Å². The molecule has 1 N–H and O–H groups in total. The minimum Gasteiger partial charge on any atom is -0.394 e. The average molecular weight is 455 g/mol. The van der Waals surface area contributed by atoms with Crippen LogP contribution in [0.1, 0.15) is 62.8 Å². The monoisotopic (exact) mass is 454 g/mol. The van der Waals surface area contributed by atoms with E-state index in [2.05, 4.69) is 49.0 Å². The number of fused-ring (bicyclic) bond motifs is 2. The van der Waals surface area contributed by atoms with Crippen molar-refractivity contribution in [3.8, 4) is 17.2 Å². The fraction of sp³-hybridized carbons (Fsp3) is 0.385. The minimum atomic E-state index is -0.546. The highest BCUT2D eigenvalue weighted by Gasteiger charge is 2.55. The van der Waals surface area contributed by atoms with Crippen LogP contribution in [0.4, 0.5) is 5.82 Å². The van der Waals surface area contributed by atoms with Crippen LogP contribution in [-0.4, -0.2) is 41.0 Å². The molecule has 4 heterocycles. The summed E-state index contributed by atoms with van der Waals surface area (Å²) in [5, 5.41) is 17.9. The SMILES string of the molecule is [2H][C@@H]1c2cc(-n3cnc(C4CC4)c3)ccc2C2(CC2)N1c1cccc(-c2nncn2C(C)CO)n1. The van der Waals surface area contributed by atoms with Gasteiger partial charge in [0.15, 0.2) is 5.82 Å². The van der Waals surface area contributed by atoms with Crippen LogP contribution in [-0.2, 0) is 12.1 Å². The second-order valence-electron chi connectivity index (χ2n) is 9.76. The Hall–Kier alpha value is -3.52. The van der Waals surface area contributed by atoms with E-state index < -0.39 is 6.52 Å². The van der Waals surface area contributed by atoms with Gasteiger partial charge < -0.3 is 19.1 Å². The first-order valence-electron chi connectivity index (χ1n) is 12.5. The molecule has 1 spiro atoms. The number of aliphatic hydroxyl groups is 1. The number of aromatic nitrogens is 6. The molecule has 8 heteroatoms. The largest absolute Gasteiger partial charge is 0.394 e. The molecule has 2 fully saturated rings. The van der Waals surface area contributed by atoms with Gasteiger partial charge in [0.05, 0.1) is 31.6 Å². The summed E-state index contributed by atoms with van der Waals surface area (Å²) < 4.78 is 13.1. The third kappa shape index (κ3) is 3.01. The average Bonchev–Trinajstić information content (AvgIpc) is 3.76. The highest BCUT2D eigenvalue weighted by molar-refractivity contribution is 5.62. The maximum Gasteiger partial charge on any atom is 0.182 e. The molecule has 0 radical (unpaired) electrons. The fourth-order valence-corrected chi connectivity index (χ4v) is 5.14. The number of hydrogen-bond acceptors (Lipinski definition) is 6. The lowest BCUT2D eigenvalue weighted by molar-refractivity contribution is 0.239. The van der Waals surface area contributed by atoms with E-state index in [1.54, 1.807) is 6.33 Å². The van der Waals surface area contributed by atoms with Crippen molar-refractivity contribution in [2.45, 2.75) is 56.6 Å². The molecular formula is C26H27N7O. The van der Waals surface area contributed by atoms with Gasteiger partial charge in [0.25, 0.3) is 0 Å². The van der Waals surface area contributed by atoms with Crippen molar-refractivity contribution in [3.63, 3.8) is 0 Å². The summed E-state index contributed by atoms with van der Waals surface area (Å²) in [5.74, 6) is 2.00. The lowest BCUT2D eigenvalue weighted by Crippen LogP contribution is -2.29. The van der Waals surface area contributed by atoms with Gasteiger partial charge in [-0.25, -0.2) is 9.97 Å². The second kappa shape index (κ2) is 7.24. The molecule has 0 amide bonds. The predicted octanol–water partition coefficient (Wildman–Crippen LogP) is 3.97. The van der Waals surface area contributed by atoms with E-state index in [4.69, 9.17) is 4.98 Å². The zero-order valence-corrected chi connectivity index (χ0v) is 19.0. The second-order valence-corrected chi connectivity index (χ2v) is 9.76. The summed E-state index contributed by atoms with van der Waals surface area (Å²) >= 11 is 0. The molecule has 2 saturated carbocycles. The first-order chi connectivity index (χ1) is 17.1. The van der Waals surface area contributed by atoms with Crippen molar-refractivity contribution in [1.29, 1.82) is 0 Å². The van der Waals surface area contributed by atoms with E-state index in [0.29, 0.717) is 17.4 Å². The Morgan fingerprint density at radius 1 is 1.21 bits per heavy atom. The van der Waals surface area contributed by atoms with Crippen molar-refractivity contribution in [2.24, 2.45) is 0 Å². The molecule has 8 nitrogen and oxygen atoms in total. The Morgan fingerprint density at radius 2 is 2.09 bits per heavy atom. The predicted molar refractivity (Wildman–Crippen MR) is 128 cm³/mol. The first kappa shape index (κ1) is 18.9. The van der Waals surface area contributed by atoms with Crippen LogP contribution in [0.2, 0.25) is 0 Å². The zero-order chi connectivity index (χ0) is 23.7. The van der Waals surface area contributed by atoms with Gasteiger partial charge >= 0.3 is 0 Å². The Balaban J connectivity index is 1.25. The van der Waals surface area contributed by atoms with Gasteiger partial charge in [0.1, 0.15) is 17.8 Å². The molecule has 2 aliphatic carbocycles. The zero-order valence-electron chi connectivity index (χ0n) is 20.0. The number of anilines is 1. The van der Waals surface area contributed by atoms with Gasteiger partial charge in [-0.1, -0.05) is 12.1 Å². The van der Waals surface area contributed by atoms with Crippen LogP contribution in [0.15, 0.2) is 55.2 Å². The third-order valence-corrected chi connectivity index (χ3v) is 7.41. The number of pyridine rings is 1. The summed E-state index contributed by atoms with van der Waals surface area (Å²) in [6, 6.07) is 12.2. The Bertz CT molecular complexity index is 1420. The molecule has 3 aliphatic rings. The molecule has 0 saturated heterocycles. The summed E-state index contributed by atoms with van der Waals surface area (Å²) in [6.45, 7) is 1.36. The molecule has 3 aromatic heterocycles. The van der Waals surface area contributed by atoms with E-state index >= 15 is 0 Å². The smallest absolute Gasteiger partial charge is 0.182 e. The Kier molecular flexibility index (Phi) is 4.01. The number of hydrogen-bond donors (Lipinski definition) is 1. The number of rotatable bonds is 6. The van der Waals surface area contributed by atoms with Gasteiger partial charge in [-0.05, 0) is 68.0 Å². The van der Waals surface area contributed by atoms with Crippen LogP contribution in [0, 0.1) is 0 Å². The Labute approximate surface area is 199 Å². The molecule has 7 rings (SSSR count). The van der Waals surface area contributed by atoms with Crippen molar-refractivity contribution < 1.29 is 6.48 Å². The molecule has 1 aliphatic heterocycles. The maximum atomic E-state index is 9.62. The van der Waals surface area contributed by atoms with Gasteiger partial charge in [-0.15, -0.1) is 10.2 Å². The molecular weight excluding hydrogens is 426 g/mol. The van der Waals surface area contributed by atoms with Gasteiger partial charge in [0.2, 0.25) is 0 Å². The molecule has 34 heavy (non-hydrogen) atoms. The normalized spacial score (nSPS) is 21.5. The minimum absolute atomic E-state index is 0.00846. The quantitative estimate of drug-likeness (QED) is 0.475. The highest BCUT2D eigenvalue weighted by Crippen LogP contribution is 2.58. The molecule has 2 atom stereocenters. The maximum absolute atomic E-state index is 9.62. The molecule has 4 aromatic rings.